The number of benzene rings is 1. The van der Waals surface area contributed by atoms with Crippen LogP contribution in [0.5, 0.6) is 11.5 Å². The van der Waals surface area contributed by atoms with Crippen molar-refractivity contribution in [1.29, 1.82) is 0 Å². The van der Waals surface area contributed by atoms with Crippen molar-refractivity contribution in [3.05, 3.63) is 41.6 Å². The maximum Gasteiger partial charge on any atom is 0.275 e. The Morgan fingerprint density at radius 3 is 2.68 bits per heavy atom. The summed E-state index contributed by atoms with van der Waals surface area (Å²) in [4.78, 5) is 19.5. The number of nitrogens with zero attached hydrogens (tertiary/aromatic N) is 2. The van der Waals surface area contributed by atoms with E-state index in [2.05, 4.69) is 15.2 Å². The number of ether oxygens (including phenoxy) is 3. The second-order valence-corrected chi connectivity index (χ2v) is 7.61. The van der Waals surface area contributed by atoms with Crippen LogP contribution in [0.3, 0.4) is 0 Å². The first kappa shape index (κ1) is 21.2. The number of hydrogen-bond donors (Lipinski definition) is 1. The molecule has 1 N–H and O–H groups in total. The molecule has 1 saturated heterocycles. The number of carbonyl (C=O) groups is 1. The largest absolute Gasteiger partial charge is 0.492 e. The molecule has 2 aromatic heterocycles. The number of aromatic nitrogens is 1. The molecule has 1 aliphatic rings. The average Bonchev–Trinajstić information content (AvgIpc) is 3.48. The van der Waals surface area contributed by atoms with Crippen LogP contribution in [0.4, 0.5) is 11.4 Å². The lowest BCUT2D eigenvalue weighted by atomic mass is 10.2. The predicted octanol–water partition coefficient (Wildman–Crippen LogP) is 4.29. The fraction of sp³-hybridized carbons (Fsp3) is 0.364. The van der Waals surface area contributed by atoms with E-state index >= 15 is 0 Å². The first-order valence-electron chi connectivity index (χ1n) is 10.3. The number of amides is 1. The summed E-state index contributed by atoms with van der Waals surface area (Å²) in [6.07, 6.45) is 1.58. The highest BCUT2D eigenvalue weighted by molar-refractivity contribution is 7.13. The molecule has 1 aliphatic heterocycles. The highest BCUT2D eigenvalue weighted by atomic mass is 32.1. The molecule has 9 heteroatoms. The van der Waals surface area contributed by atoms with E-state index in [9.17, 15) is 4.79 Å². The van der Waals surface area contributed by atoms with Gasteiger partial charge in [-0.3, -0.25) is 4.79 Å². The lowest BCUT2D eigenvalue weighted by Gasteiger charge is -2.31. The zero-order chi connectivity index (χ0) is 21.6. The number of furan rings is 1. The van der Waals surface area contributed by atoms with Crippen LogP contribution in [0.15, 0.2) is 40.3 Å². The minimum atomic E-state index is -0.323. The highest BCUT2D eigenvalue weighted by Crippen LogP contribution is 2.39. The van der Waals surface area contributed by atoms with Crippen molar-refractivity contribution in [2.24, 2.45) is 0 Å². The number of anilines is 2. The quantitative estimate of drug-likeness (QED) is 0.556. The van der Waals surface area contributed by atoms with E-state index in [1.54, 1.807) is 17.7 Å². The second-order valence-electron chi connectivity index (χ2n) is 6.75. The van der Waals surface area contributed by atoms with Crippen molar-refractivity contribution in [3.8, 4) is 22.3 Å². The van der Waals surface area contributed by atoms with E-state index in [-0.39, 0.29) is 5.91 Å². The third-order valence-corrected chi connectivity index (χ3v) is 5.59. The molecule has 0 spiro atoms. The molecular formula is C22H25N3O5S. The summed E-state index contributed by atoms with van der Waals surface area (Å²) in [5, 5.41) is 5.28. The zero-order valence-electron chi connectivity index (χ0n) is 17.6. The summed E-state index contributed by atoms with van der Waals surface area (Å²) in [6.45, 7) is 7.69. The molecule has 0 aliphatic carbocycles. The van der Waals surface area contributed by atoms with E-state index in [4.69, 9.17) is 18.6 Å². The first-order valence-corrected chi connectivity index (χ1v) is 11.1. The number of hydrogen-bond acceptors (Lipinski definition) is 8. The van der Waals surface area contributed by atoms with Gasteiger partial charge in [0.05, 0.1) is 44.1 Å². The topological polar surface area (TPSA) is 86.1 Å². The lowest BCUT2D eigenvalue weighted by Crippen LogP contribution is -2.36. The fourth-order valence-corrected chi connectivity index (χ4v) is 4.09. The van der Waals surface area contributed by atoms with Gasteiger partial charge in [-0.2, -0.15) is 0 Å². The third kappa shape index (κ3) is 4.83. The van der Waals surface area contributed by atoms with Crippen LogP contribution < -0.4 is 19.7 Å². The van der Waals surface area contributed by atoms with Crippen molar-refractivity contribution in [2.45, 2.75) is 13.8 Å². The Morgan fingerprint density at radius 2 is 1.97 bits per heavy atom. The maximum atomic E-state index is 12.9. The molecule has 8 nitrogen and oxygen atoms in total. The second kappa shape index (κ2) is 9.84. The van der Waals surface area contributed by atoms with Gasteiger partial charge >= 0.3 is 0 Å². The van der Waals surface area contributed by atoms with Gasteiger partial charge in [0.1, 0.15) is 17.2 Å². The van der Waals surface area contributed by atoms with Gasteiger partial charge in [-0.15, -0.1) is 11.3 Å². The number of nitrogens with one attached hydrogen (secondary N) is 1. The zero-order valence-corrected chi connectivity index (χ0v) is 18.4. The minimum absolute atomic E-state index is 0.314. The van der Waals surface area contributed by atoms with Gasteiger partial charge in [-0.05, 0) is 26.0 Å². The predicted molar refractivity (Wildman–Crippen MR) is 120 cm³/mol. The highest BCUT2D eigenvalue weighted by Gasteiger charge is 2.21. The van der Waals surface area contributed by atoms with Crippen LogP contribution in [0, 0.1) is 0 Å². The van der Waals surface area contributed by atoms with E-state index in [0.29, 0.717) is 60.1 Å². The standard InChI is InChI=1S/C22H25N3O5S/c1-3-28-19-13-17(25-7-10-27-11-8-25)20(29-4-2)12-15(19)23-21(26)16-14-31-22(24-16)18-6-5-9-30-18/h5-6,9,12-14H,3-4,7-8,10-11H2,1-2H3,(H,23,26). The lowest BCUT2D eigenvalue weighted by molar-refractivity contribution is 0.102. The van der Waals surface area contributed by atoms with Gasteiger partial charge in [-0.1, -0.05) is 0 Å². The monoisotopic (exact) mass is 443 g/mol. The number of morpholine rings is 1. The number of carbonyl (C=O) groups excluding carboxylic acids is 1. The van der Waals surface area contributed by atoms with Crippen molar-refractivity contribution < 1.29 is 23.4 Å². The maximum absolute atomic E-state index is 12.9. The van der Waals surface area contributed by atoms with Crippen LogP contribution in [0.1, 0.15) is 24.3 Å². The molecule has 0 atom stereocenters. The summed E-state index contributed by atoms with van der Waals surface area (Å²) in [7, 11) is 0. The number of thiazole rings is 1. The molecule has 3 aromatic rings. The van der Waals surface area contributed by atoms with Crippen molar-refractivity contribution in [3.63, 3.8) is 0 Å². The van der Waals surface area contributed by atoms with Gasteiger partial charge in [0, 0.05) is 30.6 Å². The van der Waals surface area contributed by atoms with Gasteiger partial charge in [0.2, 0.25) is 0 Å². The molecule has 0 bridgehead atoms. The minimum Gasteiger partial charge on any atom is -0.492 e. The van der Waals surface area contributed by atoms with Crippen LogP contribution in [-0.2, 0) is 4.74 Å². The Hall–Kier alpha value is -3.04. The molecule has 1 aromatic carbocycles. The third-order valence-electron chi connectivity index (χ3n) is 4.73. The Bertz CT molecular complexity index is 1010. The Labute approximate surface area is 184 Å². The SMILES string of the molecule is CCOc1cc(N2CCOCC2)c(OCC)cc1NC(=O)c1csc(-c2ccco2)n1. The Morgan fingerprint density at radius 1 is 1.19 bits per heavy atom. The Balaban J connectivity index is 1.61. The number of rotatable bonds is 8. The summed E-state index contributed by atoms with van der Waals surface area (Å²) < 4.78 is 22.6. The first-order chi connectivity index (χ1) is 15.2. The molecule has 0 unspecified atom stereocenters. The van der Waals surface area contributed by atoms with Crippen LogP contribution in [-0.4, -0.2) is 50.4 Å². The van der Waals surface area contributed by atoms with Crippen molar-refractivity contribution in [1.82, 2.24) is 4.98 Å². The molecular weight excluding hydrogens is 418 g/mol. The molecule has 0 radical (unpaired) electrons. The van der Waals surface area contributed by atoms with E-state index in [1.165, 1.54) is 11.3 Å². The molecule has 0 saturated carbocycles. The van der Waals surface area contributed by atoms with Crippen LogP contribution >= 0.6 is 11.3 Å². The summed E-state index contributed by atoms with van der Waals surface area (Å²) in [5.41, 5.74) is 1.79. The van der Waals surface area contributed by atoms with Gasteiger partial charge in [0.25, 0.3) is 5.91 Å². The summed E-state index contributed by atoms with van der Waals surface area (Å²) >= 11 is 1.35. The van der Waals surface area contributed by atoms with E-state index in [0.717, 1.165) is 18.8 Å². The van der Waals surface area contributed by atoms with Gasteiger partial charge in [0.15, 0.2) is 10.8 Å². The molecule has 31 heavy (non-hydrogen) atoms. The molecule has 1 amide bonds. The smallest absolute Gasteiger partial charge is 0.275 e. The van der Waals surface area contributed by atoms with Crippen LogP contribution in [0.25, 0.3) is 10.8 Å². The fourth-order valence-electron chi connectivity index (χ4n) is 3.32. The summed E-state index contributed by atoms with van der Waals surface area (Å²) in [5.74, 6) is 1.59. The molecule has 1 fully saturated rings. The molecule has 4 rings (SSSR count). The molecule has 3 heterocycles. The van der Waals surface area contributed by atoms with E-state index < -0.39 is 0 Å². The molecule has 164 valence electrons. The van der Waals surface area contributed by atoms with E-state index in [1.807, 2.05) is 32.0 Å². The van der Waals surface area contributed by atoms with Crippen molar-refractivity contribution >= 4 is 28.6 Å². The Kier molecular flexibility index (Phi) is 6.73. The van der Waals surface area contributed by atoms with Gasteiger partial charge < -0.3 is 28.8 Å². The van der Waals surface area contributed by atoms with Gasteiger partial charge in [-0.25, -0.2) is 4.98 Å². The normalized spacial score (nSPS) is 13.8. The van der Waals surface area contributed by atoms with Crippen molar-refractivity contribution in [2.75, 3.05) is 49.7 Å². The summed E-state index contributed by atoms with van der Waals surface area (Å²) in [6, 6.07) is 7.34. The van der Waals surface area contributed by atoms with Crippen LogP contribution in [0.2, 0.25) is 0 Å². The average molecular weight is 444 g/mol.